The van der Waals surface area contributed by atoms with Gasteiger partial charge in [0.2, 0.25) is 0 Å². The van der Waals surface area contributed by atoms with Crippen LogP contribution in [0, 0.1) is 0 Å². The number of hydrogen-bond acceptors (Lipinski definition) is 3. The molecule has 4 heteroatoms. The lowest BCUT2D eigenvalue weighted by molar-refractivity contribution is 0.0791. The molecule has 0 spiro atoms. The monoisotopic (exact) mass is 286 g/mol. The Morgan fingerprint density at radius 1 is 1.50 bits per heavy atom. The van der Waals surface area contributed by atoms with Crippen LogP contribution in [0.1, 0.15) is 38.5 Å². The molecule has 1 fully saturated rings. The molecule has 0 radical (unpaired) electrons. The van der Waals surface area contributed by atoms with Crippen molar-refractivity contribution in [1.29, 1.82) is 0 Å². The summed E-state index contributed by atoms with van der Waals surface area (Å²) in [5.74, 6) is 0.979. The smallest absolute Gasteiger partial charge is 0.169 e. The first-order chi connectivity index (χ1) is 7.59. The SMILES string of the molecule is CC(C)N1CCCC(N)C1c1ccc(Br)o1. The van der Waals surface area contributed by atoms with Gasteiger partial charge in [-0.05, 0) is 61.3 Å². The normalized spacial score (nSPS) is 27.6. The van der Waals surface area contributed by atoms with Gasteiger partial charge < -0.3 is 10.2 Å². The Morgan fingerprint density at radius 2 is 2.25 bits per heavy atom. The molecule has 90 valence electrons. The van der Waals surface area contributed by atoms with Crippen molar-refractivity contribution in [2.45, 2.75) is 44.8 Å². The molecule has 0 amide bonds. The van der Waals surface area contributed by atoms with Crippen molar-refractivity contribution in [2.24, 2.45) is 5.73 Å². The van der Waals surface area contributed by atoms with Gasteiger partial charge in [-0.2, -0.15) is 0 Å². The number of rotatable bonds is 2. The Labute approximate surface area is 105 Å². The van der Waals surface area contributed by atoms with E-state index in [9.17, 15) is 0 Å². The largest absolute Gasteiger partial charge is 0.453 e. The fourth-order valence-corrected chi connectivity index (χ4v) is 2.81. The van der Waals surface area contributed by atoms with Gasteiger partial charge in [-0.15, -0.1) is 0 Å². The van der Waals surface area contributed by atoms with E-state index in [1.807, 2.05) is 12.1 Å². The average Bonchev–Trinajstić information content (AvgIpc) is 2.64. The van der Waals surface area contributed by atoms with E-state index in [0.717, 1.165) is 23.4 Å². The van der Waals surface area contributed by atoms with Gasteiger partial charge in [0.25, 0.3) is 0 Å². The fourth-order valence-electron chi connectivity index (χ4n) is 2.49. The van der Waals surface area contributed by atoms with Crippen molar-refractivity contribution in [3.63, 3.8) is 0 Å². The maximum atomic E-state index is 6.23. The summed E-state index contributed by atoms with van der Waals surface area (Å²) in [4.78, 5) is 2.43. The molecule has 2 N–H and O–H groups in total. The molecule has 1 aliphatic rings. The van der Waals surface area contributed by atoms with Crippen LogP contribution in [-0.4, -0.2) is 23.5 Å². The summed E-state index contributed by atoms with van der Waals surface area (Å²) in [5.41, 5.74) is 6.23. The summed E-state index contributed by atoms with van der Waals surface area (Å²) in [5, 5.41) is 0. The standard InChI is InChI=1S/C12H19BrN2O/c1-8(2)15-7-3-4-9(14)12(15)10-5-6-11(13)16-10/h5-6,8-9,12H,3-4,7,14H2,1-2H3. The quantitative estimate of drug-likeness (QED) is 0.909. The summed E-state index contributed by atoms with van der Waals surface area (Å²) in [6.45, 7) is 5.53. The molecule has 2 heterocycles. The second-order valence-corrected chi connectivity index (χ2v) is 5.51. The van der Waals surface area contributed by atoms with Gasteiger partial charge in [0.1, 0.15) is 5.76 Å². The zero-order chi connectivity index (χ0) is 11.7. The number of nitrogens with two attached hydrogens (primary N) is 1. The van der Waals surface area contributed by atoms with Crippen molar-refractivity contribution >= 4 is 15.9 Å². The number of halogens is 1. The molecular formula is C12H19BrN2O. The Bertz CT molecular complexity index is 351. The molecule has 1 aliphatic heterocycles. The van der Waals surface area contributed by atoms with E-state index in [4.69, 9.17) is 10.2 Å². The highest BCUT2D eigenvalue weighted by atomic mass is 79.9. The third kappa shape index (κ3) is 2.34. The third-order valence-corrected chi connectivity index (χ3v) is 3.69. The first kappa shape index (κ1) is 12.1. The zero-order valence-corrected chi connectivity index (χ0v) is 11.4. The minimum Gasteiger partial charge on any atom is -0.453 e. The molecule has 2 rings (SSSR count). The van der Waals surface area contributed by atoms with E-state index in [1.165, 1.54) is 6.42 Å². The summed E-state index contributed by atoms with van der Waals surface area (Å²) >= 11 is 3.35. The van der Waals surface area contributed by atoms with Gasteiger partial charge in [0.05, 0.1) is 6.04 Å². The van der Waals surface area contributed by atoms with Crippen molar-refractivity contribution in [3.8, 4) is 0 Å². The Balaban J connectivity index is 2.26. The van der Waals surface area contributed by atoms with Gasteiger partial charge in [0, 0.05) is 12.1 Å². The van der Waals surface area contributed by atoms with Gasteiger partial charge in [-0.3, -0.25) is 4.90 Å². The third-order valence-electron chi connectivity index (χ3n) is 3.27. The van der Waals surface area contributed by atoms with Crippen LogP contribution in [0.4, 0.5) is 0 Å². The van der Waals surface area contributed by atoms with Gasteiger partial charge >= 0.3 is 0 Å². The van der Waals surface area contributed by atoms with Gasteiger partial charge in [0.15, 0.2) is 4.67 Å². The lowest BCUT2D eigenvalue weighted by Gasteiger charge is -2.41. The highest BCUT2D eigenvalue weighted by Gasteiger charge is 2.33. The summed E-state index contributed by atoms with van der Waals surface area (Å²) in [6.07, 6.45) is 2.25. The molecule has 1 aromatic heterocycles. The van der Waals surface area contributed by atoms with E-state index in [0.29, 0.717) is 6.04 Å². The topological polar surface area (TPSA) is 42.4 Å². The summed E-state index contributed by atoms with van der Waals surface area (Å²) < 4.78 is 6.45. The number of likely N-dealkylation sites (tertiary alicyclic amines) is 1. The molecular weight excluding hydrogens is 268 g/mol. The van der Waals surface area contributed by atoms with Crippen LogP contribution in [0.5, 0.6) is 0 Å². The summed E-state index contributed by atoms with van der Waals surface area (Å²) in [6, 6.07) is 4.86. The second-order valence-electron chi connectivity index (χ2n) is 4.72. The molecule has 0 aliphatic carbocycles. The van der Waals surface area contributed by atoms with Crippen molar-refractivity contribution in [3.05, 3.63) is 22.6 Å². The van der Waals surface area contributed by atoms with Crippen molar-refractivity contribution < 1.29 is 4.42 Å². The molecule has 2 atom stereocenters. The number of hydrogen-bond donors (Lipinski definition) is 1. The Morgan fingerprint density at radius 3 is 2.81 bits per heavy atom. The van der Waals surface area contributed by atoms with Crippen molar-refractivity contribution in [2.75, 3.05) is 6.54 Å². The molecule has 16 heavy (non-hydrogen) atoms. The van der Waals surface area contributed by atoms with Crippen LogP contribution in [0.25, 0.3) is 0 Å². The van der Waals surface area contributed by atoms with Crippen LogP contribution in [-0.2, 0) is 0 Å². The Hall–Kier alpha value is -0.320. The minimum atomic E-state index is 0.175. The van der Waals surface area contributed by atoms with Gasteiger partial charge in [-0.25, -0.2) is 0 Å². The molecule has 1 saturated heterocycles. The molecule has 3 nitrogen and oxygen atoms in total. The van der Waals surface area contributed by atoms with Crippen LogP contribution >= 0.6 is 15.9 Å². The zero-order valence-electron chi connectivity index (χ0n) is 9.82. The maximum absolute atomic E-state index is 6.23. The fraction of sp³-hybridized carbons (Fsp3) is 0.667. The summed E-state index contributed by atoms with van der Waals surface area (Å²) in [7, 11) is 0. The minimum absolute atomic E-state index is 0.175. The van der Waals surface area contributed by atoms with Crippen LogP contribution in [0.2, 0.25) is 0 Å². The van der Waals surface area contributed by atoms with E-state index < -0.39 is 0 Å². The van der Waals surface area contributed by atoms with Crippen molar-refractivity contribution in [1.82, 2.24) is 4.90 Å². The van der Waals surface area contributed by atoms with Gasteiger partial charge in [-0.1, -0.05) is 0 Å². The van der Waals surface area contributed by atoms with Crippen LogP contribution in [0.15, 0.2) is 21.2 Å². The predicted molar refractivity (Wildman–Crippen MR) is 68.2 cm³/mol. The highest BCUT2D eigenvalue weighted by molar-refractivity contribution is 9.10. The lowest BCUT2D eigenvalue weighted by Crippen LogP contribution is -2.48. The molecule has 1 aromatic rings. The number of piperidine rings is 1. The average molecular weight is 287 g/mol. The second kappa shape index (κ2) is 4.90. The maximum Gasteiger partial charge on any atom is 0.169 e. The first-order valence-corrected chi connectivity index (χ1v) is 6.65. The first-order valence-electron chi connectivity index (χ1n) is 5.86. The van der Waals surface area contributed by atoms with E-state index in [2.05, 4.69) is 34.7 Å². The van der Waals surface area contributed by atoms with Crippen LogP contribution in [0.3, 0.4) is 0 Å². The van der Waals surface area contributed by atoms with E-state index >= 15 is 0 Å². The molecule has 0 aromatic carbocycles. The molecule has 2 unspecified atom stereocenters. The van der Waals surface area contributed by atoms with E-state index in [1.54, 1.807) is 0 Å². The van der Waals surface area contributed by atoms with Crippen LogP contribution < -0.4 is 5.73 Å². The highest BCUT2D eigenvalue weighted by Crippen LogP contribution is 2.33. The van der Waals surface area contributed by atoms with E-state index in [-0.39, 0.29) is 12.1 Å². The Kier molecular flexibility index (Phi) is 3.72. The molecule has 0 saturated carbocycles. The number of nitrogens with zero attached hydrogens (tertiary/aromatic N) is 1. The number of furan rings is 1. The lowest BCUT2D eigenvalue weighted by atomic mass is 9.94. The predicted octanol–water partition coefficient (Wildman–Crippen LogP) is 2.91. The molecule has 0 bridgehead atoms.